The van der Waals surface area contributed by atoms with Crippen LogP contribution in [-0.4, -0.2) is 36.0 Å². The van der Waals surface area contributed by atoms with Crippen LogP contribution >= 0.6 is 0 Å². The monoisotopic (exact) mass is 380 g/mol. The molecule has 148 valence electrons. The number of amides is 2. The number of hydrogen-bond acceptors (Lipinski definition) is 3. The zero-order chi connectivity index (χ0) is 19.9. The average molecular weight is 380 g/mol. The summed E-state index contributed by atoms with van der Waals surface area (Å²) in [6, 6.07) is 19.6. The maximum atomic E-state index is 12.7. The minimum atomic E-state index is -0.290. The standard InChI is InChI=1S/C23H28N2O3/c1-3-22(26)25(20-12-8-5-9-13-20)21-14-15-24(16-18(21)2)23(27)28-17-19-10-6-4-7-11-19/h4-13,18,21H,3,14-17H2,1-2H3/t18-,21-/m0/s1. The van der Waals surface area contributed by atoms with Gasteiger partial charge in [0.1, 0.15) is 6.61 Å². The average Bonchev–Trinajstić information content (AvgIpc) is 2.74. The summed E-state index contributed by atoms with van der Waals surface area (Å²) >= 11 is 0. The van der Waals surface area contributed by atoms with Gasteiger partial charge in [0.25, 0.3) is 0 Å². The molecule has 0 bridgehead atoms. The maximum absolute atomic E-state index is 12.7. The normalized spacial score (nSPS) is 19.1. The molecule has 5 nitrogen and oxygen atoms in total. The Morgan fingerprint density at radius 1 is 1.07 bits per heavy atom. The van der Waals surface area contributed by atoms with Crippen molar-refractivity contribution in [1.29, 1.82) is 0 Å². The van der Waals surface area contributed by atoms with Crippen LogP contribution < -0.4 is 4.90 Å². The van der Waals surface area contributed by atoms with E-state index < -0.39 is 0 Å². The van der Waals surface area contributed by atoms with E-state index in [1.54, 1.807) is 4.90 Å². The lowest BCUT2D eigenvalue weighted by Crippen LogP contribution is -2.53. The highest BCUT2D eigenvalue weighted by Gasteiger charge is 2.35. The van der Waals surface area contributed by atoms with Crippen molar-refractivity contribution in [3.05, 3.63) is 66.2 Å². The predicted molar refractivity (Wildman–Crippen MR) is 110 cm³/mol. The number of carbonyl (C=O) groups is 2. The number of ether oxygens (including phenoxy) is 1. The summed E-state index contributed by atoms with van der Waals surface area (Å²) < 4.78 is 5.47. The zero-order valence-corrected chi connectivity index (χ0v) is 16.6. The van der Waals surface area contributed by atoms with Gasteiger partial charge in [-0.05, 0) is 30.0 Å². The Morgan fingerprint density at radius 3 is 2.32 bits per heavy atom. The first-order valence-electron chi connectivity index (χ1n) is 9.93. The van der Waals surface area contributed by atoms with Crippen molar-refractivity contribution in [2.75, 3.05) is 18.0 Å². The van der Waals surface area contributed by atoms with Crippen molar-refractivity contribution in [3.63, 3.8) is 0 Å². The Morgan fingerprint density at radius 2 is 1.71 bits per heavy atom. The molecule has 0 spiro atoms. The van der Waals surface area contributed by atoms with Gasteiger partial charge in [-0.2, -0.15) is 0 Å². The molecule has 5 heteroatoms. The third-order valence-corrected chi connectivity index (χ3v) is 5.26. The maximum Gasteiger partial charge on any atom is 0.410 e. The second kappa shape index (κ2) is 9.40. The van der Waals surface area contributed by atoms with Crippen molar-refractivity contribution in [1.82, 2.24) is 4.90 Å². The smallest absolute Gasteiger partial charge is 0.410 e. The molecule has 1 aliphatic rings. The highest BCUT2D eigenvalue weighted by Crippen LogP contribution is 2.28. The Balaban J connectivity index is 1.63. The topological polar surface area (TPSA) is 49.9 Å². The molecule has 2 atom stereocenters. The van der Waals surface area contributed by atoms with Gasteiger partial charge in [0.15, 0.2) is 0 Å². The lowest BCUT2D eigenvalue weighted by molar-refractivity contribution is -0.119. The van der Waals surface area contributed by atoms with Gasteiger partial charge in [0.2, 0.25) is 5.91 Å². The molecule has 3 rings (SSSR count). The van der Waals surface area contributed by atoms with E-state index in [1.165, 1.54) is 0 Å². The summed E-state index contributed by atoms with van der Waals surface area (Å²) in [6.45, 7) is 5.43. The fraction of sp³-hybridized carbons (Fsp3) is 0.391. The minimum absolute atomic E-state index is 0.0769. The molecule has 1 aliphatic heterocycles. The molecular weight excluding hydrogens is 352 g/mol. The molecule has 28 heavy (non-hydrogen) atoms. The third kappa shape index (κ3) is 4.71. The second-order valence-corrected chi connectivity index (χ2v) is 7.27. The van der Waals surface area contributed by atoms with Gasteiger partial charge in [0, 0.05) is 31.2 Å². The van der Waals surface area contributed by atoms with Crippen molar-refractivity contribution < 1.29 is 14.3 Å². The van der Waals surface area contributed by atoms with Crippen molar-refractivity contribution in [3.8, 4) is 0 Å². The highest BCUT2D eigenvalue weighted by molar-refractivity contribution is 5.93. The molecule has 2 amide bonds. The number of piperidine rings is 1. The van der Waals surface area contributed by atoms with Crippen molar-refractivity contribution in [2.45, 2.75) is 39.3 Å². The number of carbonyl (C=O) groups excluding carboxylic acids is 2. The van der Waals surface area contributed by atoms with Crippen LogP contribution in [0.3, 0.4) is 0 Å². The van der Waals surface area contributed by atoms with Crippen LogP contribution in [0.5, 0.6) is 0 Å². The lowest BCUT2D eigenvalue weighted by atomic mass is 9.91. The van der Waals surface area contributed by atoms with Crippen LogP contribution in [0.1, 0.15) is 32.3 Å². The van der Waals surface area contributed by atoms with E-state index in [0.717, 1.165) is 17.7 Å². The molecule has 1 saturated heterocycles. The molecule has 0 unspecified atom stereocenters. The molecule has 0 radical (unpaired) electrons. The quantitative estimate of drug-likeness (QED) is 0.769. The number of likely N-dealkylation sites (tertiary alicyclic amines) is 1. The molecule has 2 aromatic rings. The number of hydrogen-bond donors (Lipinski definition) is 0. The number of anilines is 1. The Kier molecular flexibility index (Phi) is 6.69. The molecule has 1 heterocycles. The lowest BCUT2D eigenvalue weighted by Gasteiger charge is -2.42. The second-order valence-electron chi connectivity index (χ2n) is 7.27. The molecule has 1 fully saturated rings. The summed E-state index contributed by atoms with van der Waals surface area (Å²) in [4.78, 5) is 28.8. The fourth-order valence-electron chi connectivity index (χ4n) is 3.77. The molecule has 2 aromatic carbocycles. The predicted octanol–water partition coefficient (Wildman–Crippen LogP) is 4.48. The van der Waals surface area contributed by atoms with E-state index in [9.17, 15) is 9.59 Å². The number of nitrogens with zero attached hydrogens (tertiary/aromatic N) is 2. The van der Waals surface area contributed by atoms with Gasteiger partial charge in [-0.1, -0.05) is 62.4 Å². The third-order valence-electron chi connectivity index (χ3n) is 5.26. The van der Waals surface area contributed by atoms with Crippen LogP contribution in [0.2, 0.25) is 0 Å². The van der Waals surface area contributed by atoms with E-state index in [2.05, 4.69) is 6.92 Å². The zero-order valence-electron chi connectivity index (χ0n) is 16.6. The molecule has 0 aliphatic carbocycles. The first-order chi connectivity index (χ1) is 13.6. The number of para-hydroxylation sites is 1. The van der Waals surface area contributed by atoms with Gasteiger partial charge in [0.05, 0.1) is 0 Å². The van der Waals surface area contributed by atoms with Gasteiger partial charge in [-0.3, -0.25) is 4.79 Å². The largest absolute Gasteiger partial charge is 0.445 e. The van der Waals surface area contributed by atoms with Crippen LogP contribution in [0.4, 0.5) is 10.5 Å². The summed E-state index contributed by atoms with van der Waals surface area (Å²) in [5.74, 6) is 0.275. The Hall–Kier alpha value is -2.82. The van der Waals surface area contributed by atoms with Crippen LogP contribution in [-0.2, 0) is 16.1 Å². The van der Waals surface area contributed by atoms with Crippen LogP contribution in [0.25, 0.3) is 0 Å². The summed E-state index contributed by atoms with van der Waals surface area (Å²) in [7, 11) is 0. The summed E-state index contributed by atoms with van der Waals surface area (Å²) in [6.07, 6.45) is 0.908. The Labute approximate surface area is 166 Å². The summed E-state index contributed by atoms with van der Waals surface area (Å²) in [5.41, 5.74) is 1.90. The fourth-order valence-corrected chi connectivity index (χ4v) is 3.77. The van der Waals surface area contributed by atoms with Crippen molar-refractivity contribution >= 4 is 17.7 Å². The van der Waals surface area contributed by atoms with E-state index in [-0.39, 0.29) is 30.6 Å². The molecule has 0 aromatic heterocycles. The number of rotatable bonds is 5. The first kappa shape index (κ1) is 19.9. The van der Waals surface area contributed by atoms with Crippen LogP contribution in [0, 0.1) is 5.92 Å². The highest BCUT2D eigenvalue weighted by atomic mass is 16.6. The van der Waals surface area contributed by atoms with E-state index >= 15 is 0 Å². The number of benzene rings is 2. The van der Waals surface area contributed by atoms with E-state index in [1.807, 2.05) is 72.5 Å². The molecule has 0 saturated carbocycles. The van der Waals surface area contributed by atoms with Crippen molar-refractivity contribution in [2.24, 2.45) is 5.92 Å². The Bertz CT molecular complexity index is 779. The van der Waals surface area contributed by atoms with E-state index in [0.29, 0.717) is 19.5 Å². The van der Waals surface area contributed by atoms with E-state index in [4.69, 9.17) is 4.74 Å². The van der Waals surface area contributed by atoms with Gasteiger partial charge >= 0.3 is 6.09 Å². The van der Waals surface area contributed by atoms with Gasteiger partial charge in [-0.15, -0.1) is 0 Å². The SMILES string of the molecule is CCC(=O)N(c1ccccc1)[C@H]1CCN(C(=O)OCc2ccccc2)C[C@@H]1C. The first-order valence-corrected chi connectivity index (χ1v) is 9.93. The van der Waals surface area contributed by atoms with Gasteiger partial charge in [-0.25, -0.2) is 4.79 Å². The van der Waals surface area contributed by atoms with Gasteiger partial charge < -0.3 is 14.5 Å². The van der Waals surface area contributed by atoms with Crippen LogP contribution in [0.15, 0.2) is 60.7 Å². The molecule has 0 N–H and O–H groups in total. The summed E-state index contributed by atoms with van der Waals surface area (Å²) in [5, 5.41) is 0. The molecular formula is C23H28N2O3. The minimum Gasteiger partial charge on any atom is -0.445 e.